The van der Waals surface area contributed by atoms with Crippen LogP contribution in [0.4, 0.5) is 5.69 Å². The molecule has 1 aromatic carbocycles. The maximum Gasteiger partial charge on any atom is 0.136 e. The van der Waals surface area contributed by atoms with Crippen molar-refractivity contribution in [2.24, 2.45) is 0 Å². The van der Waals surface area contributed by atoms with Gasteiger partial charge in [-0.25, -0.2) is 15.0 Å². The van der Waals surface area contributed by atoms with Crippen LogP contribution >= 0.6 is 0 Å². The quantitative estimate of drug-likeness (QED) is 0.840. The van der Waals surface area contributed by atoms with Gasteiger partial charge in [-0.15, -0.1) is 0 Å². The molecule has 4 nitrogen and oxygen atoms in total. The Bertz CT molecular complexity index is 532. The lowest BCUT2D eigenvalue weighted by Gasteiger charge is -2.07. The summed E-state index contributed by atoms with van der Waals surface area (Å²) < 4.78 is 0. The van der Waals surface area contributed by atoms with E-state index in [-0.39, 0.29) is 0 Å². The molecule has 2 N–H and O–H groups in total. The van der Waals surface area contributed by atoms with Crippen LogP contribution < -0.4 is 5.73 Å². The van der Waals surface area contributed by atoms with E-state index in [0.717, 1.165) is 28.7 Å². The Morgan fingerprint density at radius 2 is 1.72 bits per heavy atom. The highest BCUT2D eigenvalue weighted by Gasteiger charge is 2.08. The number of aryl methyl sites for hydroxylation is 1. The minimum Gasteiger partial charge on any atom is -0.399 e. The first-order valence-electron chi connectivity index (χ1n) is 6.10. The maximum absolute atomic E-state index is 5.67. The third kappa shape index (κ3) is 3.03. The molecule has 18 heavy (non-hydrogen) atoms. The van der Waals surface area contributed by atoms with E-state index in [4.69, 9.17) is 5.73 Å². The van der Waals surface area contributed by atoms with Crippen molar-refractivity contribution in [3.8, 4) is 0 Å². The first-order valence-corrected chi connectivity index (χ1v) is 6.10. The van der Waals surface area contributed by atoms with Gasteiger partial charge >= 0.3 is 0 Å². The van der Waals surface area contributed by atoms with Gasteiger partial charge in [0.1, 0.15) is 17.5 Å². The number of hydrogen-bond acceptors (Lipinski definition) is 4. The molecule has 0 radical (unpaired) electrons. The molecular weight excluding hydrogens is 224 g/mol. The van der Waals surface area contributed by atoms with Crippen LogP contribution in [0.15, 0.2) is 24.3 Å². The zero-order chi connectivity index (χ0) is 13.1. The molecule has 0 aliphatic carbocycles. The molecule has 1 aromatic heterocycles. The average molecular weight is 242 g/mol. The zero-order valence-corrected chi connectivity index (χ0v) is 11.0. The highest BCUT2D eigenvalue weighted by molar-refractivity contribution is 5.39. The monoisotopic (exact) mass is 242 g/mol. The van der Waals surface area contributed by atoms with Crippen LogP contribution in [0.5, 0.6) is 0 Å². The van der Waals surface area contributed by atoms with E-state index in [1.54, 1.807) is 0 Å². The van der Waals surface area contributed by atoms with Crippen molar-refractivity contribution in [1.29, 1.82) is 0 Å². The van der Waals surface area contributed by atoms with Gasteiger partial charge in [-0.3, -0.25) is 0 Å². The van der Waals surface area contributed by atoms with E-state index in [9.17, 15) is 0 Å². The fraction of sp³-hybridized carbons (Fsp3) is 0.357. The highest BCUT2D eigenvalue weighted by atomic mass is 15.0. The number of nitrogens with two attached hydrogens (primary N) is 1. The van der Waals surface area contributed by atoms with Crippen molar-refractivity contribution in [2.75, 3.05) is 5.73 Å². The lowest BCUT2D eigenvalue weighted by atomic mass is 10.1. The second-order valence-electron chi connectivity index (χ2n) is 4.73. The van der Waals surface area contributed by atoms with Crippen molar-refractivity contribution in [2.45, 2.75) is 33.1 Å². The lowest BCUT2D eigenvalue weighted by molar-refractivity contribution is 0.723. The molecule has 0 aliphatic heterocycles. The van der Waals surface area contributed by atoms with Crippen LogP contribution in [-0.2, 0) is 6.42 Å². The van der Waals surface area contributed by atoms with E-state index in [1.165, 1.54) is 0 Å². The Morgan fingerprint density at radius 3 is 2.33 bits per heavy atom. The summed E-state index contributed by atoms with van der Waals surface area (Å²) in [7, 11) is 0. The van der Waals surface area contributed by atoms with Crippen molar-refractivity contribution < 1.29 is 0 Å². The molecule has 0 amide bonds. The first kappa shape index (κ1) is 12.5. The molecule has 0 atom stereocenters. The van der Waals surface area contributed by atoms with Crippen molar-refractivity contribution >= 4 is 5.69 Å². The molecule has 4 heteroatoms. The van der Waals surface area contributed by atoms with Gasteiger partial charge in [-0.2, -0.15) is 0 Å². The highest BCUT2D eigenvalue weighted by Crippen LogP contribution is 2.12. The molecule has 1 heterocycles. The summed E-state index contributed by atoms with van der Waals surface area (Å²) in [5.41, 5.74) is 7.60. The van der Waals surface area contributed by atoms with E-state index >= 15 is 0 Å². The number of nitrogen functional groups attached to an aromatic ring is 1. The number of rotatable bonds is 3. The van der Waals surface area contributed by atoms with Gasteiger partial charge in [0, 0.05) is 18.0 Å². The van der Waals surface area contributed by atoms with Crippen molar-refractivity contribution in [3.63, 3.8) is 0 Å². The predicted molar refractivity (Wildman–Crippen MR) is 72.3 cm³/mol. The summed E-state index contributed by atoms with van der Waals surface area (Å²) in [6.45, 7) is 6.07. The van der Waals surface area contributed by atoms with Gasteiger partial charge in [-0.05, 0) is 24.6 Å². The number of benzene rings is 1. The first-order chi connectivity index (χ1) is 8.54. The van der Waals surface area contributed by atoms with Crippen LogP contribution in [0.3, 0.4) is 0 Å². The fourth-order valence-electron chi connectivity index (χ4n) is 1.72. The molecule has 0 unspecified atom stereocenters. The molecule has 0 fully saturated rings. The van der Waals surface area contributed by atoms with Crippen LogP contribution in [0.2, 0.25) is 0 Å². The molecule has 0 saturated carbocycles. The second kappa shape index (κ2) is 5.12. The Morgan fingerprint density at radius 1 is 1.06 bits per heavy atom. The summed E-state index contributed by atoms with van der Waals surface area (Å²) in [5, 5.41) is 0. The van der Waals surface area contributed by atoms with Crippen LogP contribution in [-0.4, -0.2) is 15.0 Å². The molecule has 94 valence electrons. The average Bonchev–Trinajstić information content (AvgIpc) is 2.31. The molecular formula is C14H18N4. The van der Waals surface area contributed by atoms with Gasteiger partial charge in [-0.1, -0.05) is 26.0 Å². The van der Waals surface area contributed by atoms with Crippen molar-refractivity contribution in [1.82, 2.24) is 15.0 Å². The van der Waals surface area contributed by atoms with Gasteiger partial charge in [0.2, 0.25) is 0 Å². The van der Waals surface area contributed by atoms with E-state index < -0.39 is 0 Å². The summed E-state index contributed by atoms with van der Waals surface area (Å²) in [4.78, 5) is 13.2. The molecule has 2 aromatic rings. The van der Waals surface area contributed by atoms with E-state index in [1.807, 2.05) is 31.2 Å². The largest absolute Gasteiger partial charge is 0.399 e. The third-order valence-electron chi connectivity index (χ3n) is 2.67. The summed E-state index contributed by atoms with van der Waals surface area (Å²) >= 11 is 0. The standard InChI is InChI=1S/C14H18N4/c1-9(2)14-17-10(3)16-13(18-14)8-11-4-6-12(15)7-5-11/h4-7,9H,8,15H2,1-3H3. The fourth-order valence-corrected chi connectivity index (χ4v) is 1.72. The van der Waals surface area contributed by atoms with Gasteiger partial charge in [0.05, 0.1) is 0 Å². The van der Waals surface area contributed by atoms with E-state index in [2.05, 4.69) is 28.8 Å². The number of anilines is 1. The summed E-state index contributed by atoms with van der Waals surface area (Å²) in [5.74, 6) is 2.76. The van der Waals surface area contributed by atoms with Gasteiger partial charge in [0.15, 0.2) is 0 Å². The van der Waals surface area contributed by atoms with Crippen LogP contribution in [0.25, 0.3) is 0 Å². The minimum absolute atomic E-state index is 0.317. The predicted octanol–water partition coefficient (Wildman–Crippen LogP) is 2.48. The summed E-state index contributed by atoms with van der Waals surface area (Å²) in [6, 6.07) is 7.80. The summed E-state index contributed by atoms with van der Waals surface area (Å²) in [6.07, 6.45) is 0.712. The maximum atomic E-state index is 5.67. The van der Waals surface area contributed by atoms with Gasteiger partial charge in [0.25, 0.3) is 0 Å². The molecule has 2 rings (SSSR count). The second-order valence-corrected chi connectivity index (χ2v) is 4.73. The van der Waals surface area contributed by atoms with Crippen molar-refractivity contribution in [3.05, 3.63) is 47.3 Å². The Balaban J connectivity index is 2.26. The van der Waals surface area contributed by atoms with Crippen LogP contribution in [0, 0.1) is 6.92 Å². The van der Waals surface area contributed by atoms with E-state index in [0.29, 0.717) is 12.3 Å². The number of aromatic nitrogens is 3. The normalized spacial score (nSPS) is 10.9. The third-order valence-corrected chi connectivity index (χ3v) is 2.67. The topological polar surface area (TPSA) is 64.7 Å². The Labute approximate surface area is 107 Å². The Kier molecular flexibility index (Phi) is 3.55. The van der Waals surface area contributed by atoms with Crippen LogP contribution in [0.1, 0.15) is 42.8 Å². The SMILES string of the molecule is Cc1nc(Cc2ccc(N)cc2)nc(C(C)C)n1. The Hall–Kier alpha value is -1.97. The zero-order valence-electron chi connectivity index (χ0n) is 11.0. The van der Waals surface area contributed by atoms with Gasteiger partial charge < -0.3 is 5.73 Å². The molecule has 0 bridgehead atoms. The molecule has 0 aliphatic rings. The molecule has 0 saturated heterocycles. The smallest absolute Gasteiger partial charge is 0.136 e. The number of nitrogens with zero attached hydrogens (tertiary/aromatic N) is 3. The minimum atomic E-state index is 0.317. The lowest BCUT2D eigenvalue weighted by Crippen LogP contribution is -2.07. The number of hydrogen-bond donors (Lipinski definition) is 1. The molecule has 0 spiro atoms.